The minimum atomic E-state index is -2.63. The lowest BCUT2D eigenvalue weighted by molar-refractivity contribution is -0.129. The number of carbonyl (C=O) groups is 2. The molecular weight excluding hydrogens is 705 g/mol. The van der Waals surface area contributed by atoms with E-state index in [0.29, 0.717) is 48.3 Å². The molecule has 9 rings (SSSR count). The number of fused-ring (bicyclic) bond motifs is 2. The standard InChI is InChI=1S/C41H49F2N7O2.CH2O2/c1-26-6-8-32(9-7-26)52-33-21-41(22-33)19-31(20-41)47-14-10-30(11-15-47)50-37-12-16-48(27(2)51)25-36(37)40(45-50)49-13-4-5-28-17-34(29-23-44-46(3)24-29)35(39(42)43)18-38(28)49;2-1-3/h6-9,17-18,23-24,30-31,33,39H,4-5,10-16,19-22,25H2,1-3H3;1H,(H,2,3). The van der Waals surface area contributed by atoms with Crippen molar-refractivity contribution in [3.8, 4) is 16.9 Å². The van der Waals surface area contributed by atoms with Gasteiger partial charge in [0.25, 0.3) is 12.9 Å². The average molecular weight is 756 g/mol. The maximum atomic E-state index is 14.7. The van der Waals surface area contributed by atoms with Crippen molar-refractivity contribution in [1.82, 2.24) is 29.4 Å². The van der Waals surface area contributed by atoms with Gasteiger partial charge in [-0.2, -0.15) is 10.2 Å². The van der Waals surface area contributed by atoms with Crippen molar-refractivity contribution in [2.45, 2.75) is 103 Å². The third-order valence-corrected chi connectivity index (χ3v) is 12.7. The van der Waals surface area contributed by atoms with Gasteiger partial charge in [0.2, 0.25) is 5.91 Å². The number of hydrogen-bond donors (Lipinski definition) is 1. The molecule has 2 aromatic heterocycles. The lowest BCUT2D eigenvalue weighted by Crippen LogP contribution is -2.59. The van der Waals surface area contributed by atoms with Crippen LogP contribution >= 0.6 is 0 Å². The molecule has 2 aliphatic carbocycles. The molecule has 0 atom stereocenters. The Morgan fingerprint density at radius 2 is 1.75 bits per heavy atom. The quantitative estimate of drug-likeness (QED) is 0.197. The third-order valence-electron chi connectivity index (χ3n) is 12.7. The molecule has 3 fully saturated rings. The molecule has 0 bridgehead atoms. The highest BCUT2D eigenvalue weighted by molar-refractivity contribution is 5.78. The zero-order valence-corrected chi connectivity index (χ0v) is 32.0. The van der Waals surface area contributed by atoms with Gasteiger partial charge in [0.05, 0.1) is 24.9 Å². The van der Waals surface area contributed by atoms with E-state index in [1.807, 2.05) is 11.0 Å². The summed E-state index contributed by atoms with van der Waals surface area (Å²) in [6.45, 7) is 7.46. The fourth-order valence-corrected chi connectivity index (χ4v) is 9.90. The number of piperidine rings is 1. The molecule has 1 amide bonds. The number of carboxylic acid groups (broad SMARTS) is 1. The van der Waals surface area contributed by atoms with Crippen LogP contribution in [-0.4, -0.2) is 85.2 Å². The van der Waals surface area contributed by atoms with E-state index in [1.54, 1.807) is 37.1 Å². The van der Waals surface area contributed by atoms with E-state index in [2.05, 4.69) is 50.8 Å². The summed E-state index contributed by atoms with van der Waals surface area (Å²) in [7, 11) is 1.80. The Labute approximate surface area is 320 Å². The van der Waals surface area contributed by atoms with Crippen LogP contribution in [0.5, 0.6) is 5.75 Å². The first-order chi connectivity index (χ1) is 26.5. The van der Waals surface area contributed by atoms with Gasteiger partial charge in [0.15, 0.2) is 5.82 Å². The minimum Gasteiger partial charge on any atom is -0.490 e. The zero-order chi connectivity index (χ0) is 38.4. The van der Waals surface area contributed by atoms with Crippen molar-refractivity contribution < 1.29 is 28.2 Å². The van der Waals surface area contributed by atoms with Gasteiger partial charge >= 0.3 is 0 Å². The summed E-state index contributed by atoms with van der Waals surface area (Å²) in [5.41, 5.74) is 7.09. The monoisotopic (exact) mass is 755 g/mol. The highest BCUT2D eigenvalue weighted by Crippen LogP contribution is 2.58. The van der Waals surface area contributed by atoms with E-state index in [0.717, 1.165) is 86.4 Å². The number of nitrogens with zero attached hydrogens (tertiary/aromatic N) is 7. The van der Waals surface area contributed by atoms with Crippen molar-refractivity contribution in [3.05, 3.63) is 76.7 Å². The summed E-state index contributed by atoms with van der Waals surface area (Å²) >= 11 is 0. The second-order valence-electron chi connectivity index (χ2n) is 16.3. The molecule has 5 aliphatic rings. The van der Waals surface area contributed by atoms with Crippen molar-refractivity contribution in [1.29, 1.82) is 0 Å². The number of alkyl halides is 2. The number of rotatable bonds is 7. The molecule has 11 nitrogen and oxygen atoms in total. The van der Waals surface area contributed by atoms with E-state index in [-0.39, 0.29) is 24.0 Å². The van der Waals surface area contributed by atoms with Crippen LogP contribution in [0, 0.1) is 12.3 Å². The molecule has 5 heterocycles. The first kappa shape index (κ1) is 37.2. The van der Waals surface area contributed by atoms with Gasteiger partial charge < -0.3 is 24.5 Å². The van der Waals surface area contributed by atoms with E-state index in [1.165, 1.54) is 24.1 Å². The number of aromatic nitrogens is 4. The van der Waals surface area contributed by atoms with E-state index >= 15 is 0 Å². The third kappa shape index (κ3) is 7.23. The molecule has 1 N–H and O–H groups in total. The van der Waals surface area contributed by atoms with Crippen LogP contribution in [-0.2, 0) is 36.0 Å². The fraction of sp³-hybridized carbons (Fsp3) is 0.524. The normalized spacial score (nSPS) is 23.7. The Balaban J connectivity index is 0.00000138. The van der Waals surface area contributed by atoms with Gasteiger partial charge in [-0.1, -0.05) is 17.7 Å². The Morgan fingerprint density at radius 3 is 2.40 bits per heavy atom. The predicted molar refractivity (Wildman–Crippen MR) is 205 cm³/mol. The molecule has 55 heavy (non-hydrogen) atoms. The topological polar surface area (TPSA) is 109 Å². The predicted octanol–water partition coefficient (Wildman–Crippen LogP) is 7.25. The number of amides is 1. The number of likely N-dealkylation sites (tertiary alicyclic amines) is 1. The Bertz CT molecular complexity index is 2020. The SMILES string of the molecule is CC(=O)N1CCc2c(c(N3CCCc4cc(-c5cnn(C)c5)c(C(F)F)cc43)nn2C2CCN(C3CC4(CC(Oc5ccc(C)cc5)C4)C3)CC2)C1.O=CO. The van der Waals surface area contributed by atoms with E-state index < -0.39 is 6.43 Å². The second-order valence-corrected chi connectivity index (χ2v) is 16.3. The molecule has 2 saturated carbocycles. The number of aryl methyl sites for hydroxylation is 3. The Hall–Kier alpha value is -4.78. The summed E-state index contributed by atoms with van der Waals surface area (Å²) in [4.78, 5) is 27.7. The molecule has 4 aromatic rings. The van der Waals surface area contributed by atoms with Crippen LogP contribution in [0.3, 0.4) is 0 Å². The van der Waals surface area contributed by atoms with Gasteiger partial charge in [0.1, 0.15) is 5.75 Å². The zero-order valence-electron chi connectivity index (χ0n) is 32.0. The smallest absolute Gasteiger partial charge is 0.290 e. The first-order valence-electron chi connectivity index (χ1n) is 19.7. The molecular formula is C42H51F2N7O4. The van der Waals surface area contributed by atoms with Gasteiger partial charge in [-0.05, 0) is 99.1 Å². The molecule has 1 saturated heterocycles. The van der Waals surface area contributed by atoms with Crippen LogP contribution in [0.15, 0.2) is 48.8 Å². The first-order valence-corrected chi connectivity index (χ1v) is 19.7. The maximum absolute atomic E-state index is 14.7. The van der Waals surface area contributed by atoms with Crippen LogP contribution in [0.4, 0.5) is 20.3 Å². The van der Waals surface area contributed by atoms with Crippen LogP contribution in [0.25, 0.3) is 11.1 Å². The number of anilines is 2. The van der Waals surface area contributed by atoms with Gasteiger partial charge in [-0.3, -0.25) is 19.0 Å². The number of halogens is 2. The van der Waals surface area contributed by atoms with Crippen molar-refractivity contribution in [2.24, 2.45) is 12.5 Å². The van der Waals surface area contributed by atoms with Crippen molar-refractivity contribution in [3.63, 3.8) is 0 Å². The molecule has 292 valence electrons. The number of hydrogen-bond acceptors (Lipinski definition) is 7. The number of carbonyl (C=O) groups excluding carboxylic acids is 1. The molecule has 0 unspecified atom stereocenters. The van der Waals surface area contributed by atoms with Crippen molar-refractivity contribution in [2.75, 3.05) is 31.1 Å². The highest BCUT2D eigenvalue weighted by atomic mass is 19.3. The summed E-state index contributed by atoms with van der Waals surface area (Å²) in [5, 5.41) is 16.5. The summed E-state index contributed by atoms with van der Waals surface area (Å²) < 4.78 is 39.5. The minimum absolute atomic E-state index is 0.0127. The Morgan fingerprint density at radius 1 is 1.02 bits per heavy atom. The van der Waals surface area contributed by atoms with Gasteiger partial charge in [0, 0.05) is 86.9 Å². The van der Waals surface area contributed by atoms with E-state index in [9.17, 15) is 13.6 Å². The van der Waals surface area contributed by atoms with Crippen molar-refractivity contribution >= 4 is 23.9 Å². The van der Waals surface area contributed by atoms with E-state index in [4.69, 9.17) is 19.7 Å². The highest BCUT2D eigenvalue weighted by Gasteiger charge is 2.55. The Kier molecular flexibility index (Phi) is 10.2. The summed E-state index contributed by atoms with van der Waals surface area (Å²) in [5.74, 6) is 1.86. The lowest BCUT2D eigenvalue weighted by atomic mass is 9.52. The largest absolute Gasteiger partial charge is 0.490 e. The average Bonchev–Trinajstić information content (AvgIpc) is 3.76. The molecule has 2 aromatic carbocycles. The summed E-state index contributed by atoms with van der Waals surface area (Å²) in [6.07, 6.45) is 10.6. The van der Waals surface area contributed by atoms with Gasteiger partial charge in [-0.15, -0.1) is 0 Å². The maximum Gasteiger partial charge on any atom is 0.290 e. The van der Waals surface area contributed by atoms with Crippen LogP contribution in [0.1, 0.15) is 92.3 Å². The molecule has 1 spiro atoms. The molecule has 13 heteroatoms. The van der Waals surface area contributed by atoms with Crippen LogP contribution < -0.4 is 9.64 Å². The number of ether oxygens (including phenoxy) is 1. The summed E-state index contributed by atoms with van der Waals surface area (Å²) in [6, 6.07) is 13.0. The fourth-order valence-electron chi connectivity index (χ4n) is 9.90. The molecule has 0 radical (unpaired) electrons. The second kappa shape index (κ2) is 15.0. The molecule has 3 aliphatic heterocycles. The van der Waals surface area contributed by atoms with Gasteiger partial charge in [-0.25, -0.2) is 8.78 Å². The number of benzene rings is 2. The lowest BCUT2D eigenvalue weighted by Gasteiger charge is -2.60. The van der Waals surface area contributed by atoms with Crippen LogP contribution in [0.2, 0.25) is 0 Å².